The molecule has 0 aliphatic carbocycles. The molecule has 0 spiro atoms. The second-order valence-corrected chi connectivity index (χ2v) is 5.97. The number of morpholine rings is 1. The highest BCUT2D eigenvalue weighted by Crippen LogP contribution is 2.21. The number of hydrogen-bond donors (Lipinski definition) is 1. The zero-order chi connectivity index (χ0) is 13.1. The van der Waals surface area contributed by atoms with Crippen LogP contribution in [0.3, 0.4) is 0 Å². The van der Waals surface area contributed by atoms with Crippen molar-refractivity contribution < 1.29 is 19.4 Å². The maximum atomic E-state index is 11.3. The van der Waals surface area contributed by atoms with Gasteiger partial charge in [0.15, 0.2) is 0 Å². The van der Waals surface area contributed by atoms with Gasteiger partial charge in [-0.15, -0.1) is 0 Å². The average Bonchev–Trinajstić information content (AvgIpc) is 2.25. The van der Waals surface area contributed by atoms with E-state index >= 15 is 0 Å². The van der Waals surface area contributed by atoms with Gasteiger partial charge in [-0.2, -0.15) is 0 Å². The summed E-state index contributed by atoms with van der Waals surface area (Å²) >= 11 is 3.30. The van der Waals surface area contributed by atoms with E-state index in [1.165, 1.54) is 7.11 Å². The Bertz CT molecular complexity index is 272. The quantitative estimate of drug-likeness (QED) is 0.601. The van der Waals surface area contributed by atoms with Gasteiger partial charge < -0.3 is 14.6 Å². The minimum Gasteiger partial charge on any atom is -0.468 e. The first kappa shape index (κ1) is 14.9. The van der Waals surface area contributed by atoms with Crippen LogP contribution < -0.4 is 0 Å². The minimum absolute atomic E-state index is 0.00882. The Balaban J connectivity index is 2.55. The predicted molar refractivity (Wildman–Crippen MR) is 67.2 cm³/mol. The van der Waals surface area contributed by atoms with Crippen molar-refractivity contribution in [2.75, 3.05) is 33.4 Å². The second-order valence-electron chi connectivity index (χ2n) is 4.87. The smallest absolute Gasteiger partial charge is 0.320 e. The summed E-state index contributed by atoms with van der Waals surface area (Å²) in [6.07, 6.45) is -0.198. The van der Waals surface area contributed by atoms with E-state index in [9.17, 15) is 9.90 Å². The van der Waals surface area contributed by atoms with E-state index in [1.54, 1.807) is 0 Å². The van der Waals surface area contributed by atoms with E-state index in [4.69, 9.17) is 4.74 Å². The van der Waals surface area contributed by atoms with Crippen molar-refractivity contribution in [2.45, 2.75) is 30.4 Å². The zero-order valence-corrected chi connectivity index (χ0v) is 12.1. The Labute approximate surface area is 110 Å². The number of esters is 1. The molecule has 1 aliphatic rings. The molecule has 1 heterocycles. The highest BCUT2D eigenvalue weighted by atomic mass is 79.9. The summed E-state index contributed by atoms with van der Waals surface area (Å²) in [5.41, 5.74) is -0.311. The van der Waals surface area contributed by atoms with Crippen LogP contribution in [0.2, 0.25) is 0 Å². The molecule has 2 unspecified atom stereocenters. The van der Waals surface area contributed by atoms with Gasteiger partial charge in [0.1, 0.15) is 4.83 Å². The van der Waals surface area contributed by atoms with Gasteiger partial charge in [-0.05, 0) is 13.8 Å². The highest BCUT2D eigenvalue weighted by molar-refractivity contribution is 9.10. The Morgan fingerprint density at radius 3 is 2.88 bits per heavy atom. The van der Waals surface area contributed by atoms with Crippen LogP contribution in [-0.2, 0) is 14.3 Å². The van der Waals surface area contributed by atoms with Gasteiger partial charge in [0, 0.05) is 19.6 Å². The van der Waals surface area contributed by atoms with Crippen molar-refractivity contribution >= 4 is 21.9 Å². The summed E-state index contributed by atoms with van der Waals surface area (Å²) < 4.78 is 10.4. The molecule has 0 aromatic rings. The third kappa shape index (κ3) is 4.54. The molecule has 1 N–H and O–H groups in total. The summed E-state index contributed by atoms with van der Waals surface area (Å²) in [4.78, 5) is 13.1. The number of alkyl halides is 1. The highest BCUT2D eigenvalue weighted by Gasteiger charge is 2.34. The third-order valence-electron chi connectivity index (χ3n) is 2.63. The number of rotatable bonds is 4. The molecule has 5 nitrogen and oxygen atoms in total. The number of carbonyl (C=O) groups is 1. The summed E-state index contributed by atoms with van der Waals surface area (Å²) in [7, 11) is 1.37. The van der Waals surface area contributed by atoms with Crippen LogP contribution in [0.1, 0.15) is 13.8 Å². The maximum Gasteiger partial charge on any atom is 0.320 e. The van der Waals surface area contributed by atoms with E-state index in [2.05, 4.69) is 25.6 Å². The van der Waals surface area contributed by atoms with Crippen LogP contribution in [0.15, 0.2) is 0 Å². The van der Waals surface area contributed by atoms with Gasteiger partial charge in [-0.1, -0.05) is 15.9 Å². The number of aliphatic hydroxyl groups excluding tert-OH is 1. The van der Waals surface area contributed by atoms with Crippen molar-refractivity contribution in [2.24, 2.45) is 0 Å². The van der Waals surface area contributed by atoms with Crippen LogP contribution in [-0.4, -0.2) is 65.9 Å². The molecule has 6 heteroatoms. The van der Waals surface area contributed by atoms with Crippen LogP contribution in [0.25, 0.3) is 0 Å². The van der Waals surface area contributed by atoms with Crippen LogP contribution in [0, 0.1) is 0 Å². The van der Waals surface area contributed by atoms with Gasteiger partial charge in [-0.25, -0.2) is 0 Å². The van der Waals surface area contributed by atoms with Gasteiger partial charge in [0.05, 0.1) is 25.4 Å². The third-order valence-corrected chi connectivity index (χ3v) is 3.29. The lowest BCUT2D eigenvalue weighted by Crippen LogP contribution is -2.55. The number of aliphatic hydroxyl groups is 1. The number of ether oxygens (including phenoxy) is 2. The largest absolute Gasteiger partial charge is 0.468 e. The monoisotopic (exact) mass is 309 g/mol. The lowest BCUT2D eigenvalue weighted by molar-refractivity contribution is -0.152. The number of carbonyl (C=O) groups excluding carboxylic acids is 1. The fourth-order valence-corrected chi connectivity index (χ4v) is 2.68. The minimum atomic E-state index is -0.347. The summed E-state index contributed by atoms with van der Waals surface area (Å²) in [5.74, 6) is -0.283. The number of hydrogen-bond acceptors (Lipinski definition) is 5. The summed E-state index contributed by atoms with van der Waals surface area (Å²) in [6.45, 7) is 5.84. The number of halogens is 1. The molecular formula is C11H20BrNO4. The lowest BCUT2D eigenvalue weighted by Gasteiger charge is -2.42. The van der Waals surface area contributed by atoms with Crippen LogP contribution in [0.5, 0.6) is 0 Å². The number of methoxy groups -OCH3 is 1. The Kier molecular flexibility index (Phi) is 5.37. The molecule has 17 heavy (non-hydrogen) atoms. The molecule has 100 valence electrons. The van der Waals surface area contributed by atoms with Gasteiger partial charge >= 0.3 is 5.97 Å². The zero-order valence-electron chi connectivity index (χ0n) is 10.5. The molecular weight excluding hydrogens is 290 g/mol. The van der Waals surface area contributed by atoms with Gasteiger partial charge in [-0.3, -0.25) is 9.69 Å². The molecule has 0 bridgehead atoms. The molecule has 0 aromatic carbocycles. The normalized spacial score (nSPS) is 26.5. The molecule has 1 aliphatic heterocycles. The van der Waals surface area contributed by atoms with Gasteiger partial charge in [0.2, 0.25) is 0 Å². The fraction of sp³-hybridized carbons (Fsp3) is 0.909. The molecule has 1 fully saturated rings. The SMILES string of the molecule is COC(=O)C(Br)CN1CC(CO)OC(C)(C)C1. The molecule has 2 atom stereocenters. The Morgan fingerprint density at radius 1 is 1.71 bits per heavy atom. The predicted octanol–water partition coefficient (Wildman–Crippen LogP) is 0.395. The first-order chi connectivity index (χ1) is 7.88. The van der Waals surface area contributed by atoms with Crippen molar-refractivity contribution in [1.29, 1.82) is 0 Å². The molecule has 0 amide bonds. The molecule has 0 radical (unpaired) electrons. The Morgan fingerprint density at radius 2 is 2.35 bits per heavy atom. The number of nitrogens with zero attached hydrogens (tertiary/aromatic N) is 1. The topological polar surface area (TPSA) is 59.0 Å². The van der Waals surface area contributed by atoms with E-state index in [0.717, 1.165) is 6.54 Å². The molecule has 0 saturated carbocycles. The van der Waals surface area contributed by atoms with E-state index < -0.39 is 0 Å². The van der Waals surface area contributed by atoms with Crippen LogP contribution in [0.4, 0.5) is 0 Å². The van der Waals surface area contributed by atoms with E-state index in [1.807, 2.05) is 13.8 Å². The maximum absolute atomic E-state index is 11.3. The Hall–Kier alpha value is -0.170. The summed E-state index contributed by atoms with van der Waals surface area (Å²) in [6, 6.07) is 0. The molecule has 0 aromatic heterocycles. The second kappa shape index (κ2) is 6.13. The summed E-state index contributed by atoms with van der Waals surface area (Å²) in [5, 5.41) is 9.18. The molecule has 1 saturated heterocycles. The fourth-order valence-electron chi connectivity index (χ4n) is 2.08. The van der Waals surface area contributed by atoms with Crippen molar-refractivity contribution in [1.82, 2.24) is 4.90 Å². The molecule has 1 rings (SSSR count). The standard InChI is InChI=1S/C11H20BrNO4/c1-11(2)7-13(4-8(6-14)17-11)5-9(12)10(15)16-3/h8-9,14H,4-7H2,1-3H3. The average molecular weight is 310 g/mol. The first-order valence-corrected chi connectivity index (χ1v) is 6.52. The van der Waals surface area contributed by atoms with Crippen molar-refractivity contribution in [3.05, 3.63) is 0 Å². The lowest BCUT2D eigenvalue weighted by atomic mass is 10.1. The van der Waals surface area contributed by atoms with Gasteiger partial charge in [0.25, 0.3) is 0 Å². The van der Waals surface area contributed by atoms with E-state index in [-0.39, 0.29) is 29.1 Å². The van der Waals surface area contributed by atoms with Crippen molar-refractivity contribution in [3.63, 3.8) is 0 Å². The van der Waals surface area contributed by atoms with Crippen molar-refractivity contribution in [3.8, 4) is 0 Å². The van der Waals surface area contributed by atoms with E-state index in [0.29, 0.717) is 13.1 Å². The van der Waals surface area contributed by atoms with Crippen LogP contribution >= 0.6 is 15.9 Å². The first-order valence-electron chi connectivity index (χ1n) is 5.61.